The minimum Gasteiger partial charge on any atom is -0.291 e. The van der Waals surface area contributed by atoms with Gasteiger partial charge in [-0.3, -0.25) is 33.4 Å². The third kappa shape index (κ3) is 4.22. The van der Waals surface area contributed by atoms with E-state index < -0.39 is 16.7 Å². The number of carbonyl (C=O) groups excluding carboxylic acids is 1. The summed E-state index contributed by atoms with van der Waals surface area (Å²) in [5.74, 6) is -0.388. The zero-order valence-electron chi connectivity index (χ0n) is 16.9. The first-order valence-corrected chi connectivity index (χ1v) is 10.9. The van der Waals surface area contributed by atoms with Crippen molar-refractivity contribution in [3.05, 3.63) is 90.3 Å². The van der Waals surface area contributed by atoms with Crippen LogP contribution in [0.2, 0.25) is 0 Å². The molecule has 2 unspecified atom stereocenters. The van der Waals surface area contributed by atoms with Crippen LogP contribution in [0.1, 0.15) is 34.6 Å². The van der Waals surface area contributed by atoms with Gasteiger partial charge in [0.25, 0.3) is 5.91 Å². The molecule has 1 aliphatic rings. The number of hydrogen-bond donors (Lipinski definition) is 1. The fourth-order valence-corrected chi connectivity index (χ4v) is 5.15. The van der Waals surface area contributed by atoms with Crippen molar-refractivity contribution < 1.29 is 13.2 Å². The van der Waals surface area contributed by atoms with Crippen LogP contribution >= 0.6 is 10.6 Å². The van der Waals surface area contributed by atoms with E-state index in [1.165, 1.54) is 13.3 Å². The normalized spacial score (nSPS) is 20.8. The molecule has 31 heavy (non-hydrogen) atoms. The number of aromatic nitrogens is 3. The summed E-state index contributed by atoms with van der Waals surface area (Å²) >= 11 is 0. The highest BCUT2D eigenvalue weighted by Crippen LogP contribution is 2.58. The van der Waals surface area contributed by atoms with Crippen LogP contribution in [0.15, 0.2) is 83.7 Å². The first-order chi connectivity index (χ1) is 15.1. The highest BCUT2D eigenvalue weighted by atomic mass is 32.3. The molecule has 4 heterocycles. The Morgan fingerprint density at radius 1 is 1.00 bits per heavy atom. The van der Waals surface area contributed by atoms with E-state index in [2.05, 4.69) is 30.5 Å². The van der Waals surface area contributed by atoms with E-state index in [1.54, 1.807) is 49.1 Å². The monoisotopic (exact) mass is 436 g/mol. The summed E-state index contributed by atoms with van der Waals surface area (Å²) in [5.41, 5.74) is 1.82. The van der Waals surface area contributed by atoms with Crippen LogP contribution in [0.5, 0.6) is 0 Å². The van der Waals surface area contributed by atoms with Crippen LogP contribution in [0.25, 0.3) is 0 Å². The Labute approximate surface area is 181 Å². The highest BCUT2D eigenvalue weighted by molar-refractivity contribution is 8.49. The Bertz CT molecular complexity index is 1110. The molecule has 10 heteroatoms. The van der Waals surface area contributed by atoms with Crippen molar-refractivity contribution in [2.24, 2.45) is 10.2 Å². The molecular formula is C21H20N6O3S. The van der Waals surface area contributed by atoms with Crippen molar-refractivity contribution in [2.75, 3.05) is 7.11 Å². The molecule has 1 N–H and O–H groups in total. The van der Waals surface area contributed by atoms with E-state index in [1.807, 2.05) is 25.1 Å². The van der Waals surface area contributed by atoms with Gasteiger partial charge >= 0.3 is 0 Å². The lowest BCUT2D eigenvalue weighted by Crippen LogP contribution is -2.37. The molecule has 0 aromatic carbocycles. The van der Waals surface area contributed by atoms with E-state index >= 15 is 0 Å². The molecule has 0 saturated heterocycles. The number of rotatable bonds is 6. The number of carbonyl (C=O) groups is 1. The van der Waals surface area contributed by atoms with Crippen LogP contribution in [0.3, 0.4) is 0 Å². The lowest BCUT2D eigenvalue weighted by atomic mass is 10.2. The lowest BCUT2D eigenvalue weighted by molar-refractivity contribution is 0.0976. The van der Waals surface area contributed by atoms with Crippen LogP contribution < -0.4 is 5.32 Å². The van der Waals surface area contributed by atoms with Crippen molar-refractivity contribution in [1.29, 1.82) is 0 Å². The zero-order chi connectivity index (χ0) is 21.7. The van der Waals surface area contributed by atoms with Gasteiger partial charge in [0.15, 0.2) is 5.04 Å². The van der Waals surface area contributed by atoms with Crippen LogP contribution in [-0.2, 0) is 8.37 Å². The fraction of sp³-hybridized carbons (Fsp3) is 0.143. The highest BCUT2D eigenvalue weighted by Gasteiger charge is 2.42. The fourth-order valence-electron chi connectivity index (χ4n) is 2.91. The minimum absolute atomic E-state index is 0.193. The molecule has 0 bridgehead atoms. The number of amides is 1. The SMILES string of the molecule is COS1(OC(C)c2ccccn2)C(NC(=O)c2cccnc2)=NN=C1c1ccncc1. The summed E-state index contributed by atoms with van der Waals surface area (Å²) in [7, 11) is -1.20. The average Bonchev–Trinajstić information content (AvgIpc) is 3.18. The van der Waals surface area contributed by atoms with Crippen molar-refractivity contribution in [1.82, 2.24) is 20.3 Å². The maximum Gasteiger partial charge on any atom is 0.259 e. The van der Waals surface area contributed by atoms with Crippen molar-refractivity contribution >= 4 is 26.7 Å². The van der Waals surface area contributed by atoms with E-state index in [0.717, 1.165) is 5.56 Å². The summed E-state index contributed by atoms with van der Waals surface area (Å²) < 4.78 is 12.4. The summed E-state index contributed by atoms with van der Waals surface area (Å²) in [6.07, 6.45) is 7.59. The molecule has 2 atom stereocenters. The molecule has 3 aromatic heterocycles. The zero-order valence-corrected chi connectivity index (χ0v) is 17.7. The number of pyridine rings is 3. The molecule has 0 aliphatic carbocycles. The maximum atomic E-state index is 12.8. The molecular weight excluding hydrogens is 416 g/mol. The Hall–Kier alpha value is -3.47. The summed E-state index contributed by atoms with van der Waals surface area (Å²) in [4.78, 5) is 25.2. The smallest absolute Gasteiger partial charge is 0.259 e. The Morgan fingerprint density at radius 3 is 2.52 bits per heavy atom. The Balaban J connectivity index is 1.69. The van der Waals surface area contributed by atoms with E-state index in [4.69, 9.17) is 8.37 Å². The summed E-state index contributed by atoms with van der Waals surface area (Å²) in [6, 6.07) is 12.5. The van der Waals surface area contributed by atoms with E-state index in [0.29, 0.717) is 16.3 Å². The topological polar surface area (TPSA) is 111 Å². The van der Waals surface area contributed by atoms with Gasteiger partial charge in [0.2, 0.25) is 5.17 Å². The number of hydrogen-bond acceptors (Lipinski definition) is 8. The number of amidine groups is 1. The van der Waals surface area contributed by atoms with Gasteiger partial charge in [0.05, 0.1) is 18.4 Å². The van der Waals surface area contributed by atoms with Crippen LogP contribution in [0, 0.1) is 0 Å². The quantitative estimate of drug-likeness (QED) is 0.634. The van der Waals surface area contributed by atoms with Crippen LogP contribution in [0.4, 0.5) is 0 Å². The molecule has 0 radical (unpaired) electrons. The predicted octanol–water partition coefficient (Wildman–Crippen LogP) is 3.39. The van der Waals surface area contributed by atoms with Crippen molar-refractivity contribution in [2.45, 2.75) is 13.0 Å². The van der Waals surface area contributed by atoms with Crippen LogP contribution in [-0.4, -0.2) is 38.2 Å². The molecule has 1 amide bonds. The average molecular weight is 436 g/mol. The molecule has 3 aromatic rings. The molecule has 0 spiro atoms. The van der Waals surface area contributed by atoms with Gasteiger partial charge in [0, 0.05) is 36.5 Å². The lowest BCUT2D eigenvalue weighted by Gasteiger charge is -2.40. The maximum absolute atomic E-state index is 12.8. The van der Waals surface area contributed by atoms with Gasteiger partial charge in [-0.2, -0.15) is 0 Å². The van der Waals surface area contributed by atoms with E-state index in [9.17, 15) is 4.79 Å². The molecule has 158 valence electrons. The third-order valence-electron chi connectivity index (χ3n) is 4.43. The molecule has 1 aliphatic heterocycles. The largest absolute Gasteiger partial charge is 0.291 e. The predicted molar refractivity (Wildman–Crippen MR) is 118 cm³/mol. The van der Waals surface area contributed by atoms with E-state index in [-0.39, 0.29) is 11.1 Å². The van der Waals surface area contributed by atoms with Gasteiger partial charge in [-0.05, 0) is 43.3 Å². The Kier molecular flexibility index (Phi) is 6.12. The standard InChI is InChI=1S/C21H20N6O3S/c1-15(18-7-3-4-11-24-18)30-31(29-2)20(16-8-12-22-13-9-16)26-27-21(31)25-19(28)17-6-5-10-23-14-17/h3-15H,1-2H3,(H,25,27,28). The summed E-state index contributed by atoms with van der Waals surface area (Å²) in [5, 5.41) is 12.0. The van der Waals surface area contributed by atoms with Gasteiger partial charge in [-0.15, -0.1) is 10.2 Å². The van der Waals surface area contributed by atoms with Gasteiger partial charge in [0.1, 0.15) is 6.10 Å². The van der Waals surface area contributed by atoms with Gasteiger partial charge in [-0.1, -0.05) is 16.7 Å². The molecule has 9 nitrogen and oxygen atoms in total. The second kappa shape index (κ2) is 9.13. The second-order valence-corrected chi connectivity index (χ2v) is 8.71. The molecule has 4 rings (SSSR count). The molecule has 0 saturated carbocycles. The van der Waals surface area contributed by atoms with Crippen molar-refractivity contribution in [3.63, 3.8) is 0 Å². The molecule has 0 fully saturated rings. The second-order valence-electron chi connectivity index (χ2n) is 6.41. The first kappa shape index (κ1) is 20.8. The summed E-state index contributed by atoms with van der Waals surface area (Å²) in [6.45, 7) is 1.86. The van der Waals surface area contributed by atoms with Gasteiger partial charge < -0.3 is 0 Å². The first-order valence-electron chi connectivity index (χ1n) is 9.39. The number of nitrogens with one attached hydrogen (secondary N) is 1. The van der Waals surface area contributed by atoms with Gasteiger partial charge in [-0.25, -0.2) is 0 Å². The van der Waals surface area contributed by atoms with Crippen molar-refractivity contribution in [3.8, 4) is 0 Å². The Morgan fingerprint density at radius 2 is 1.84 bits per heavy atom. The third-order valence-corrected chi connectivity index (χ3v) is 6.98. The minimum atomic E-state index is -2.70. The number of nitrogens with zero attached hydrogens (tertiary/aromatic N) is 5.